The van der Waals surface area contributed by atoms with Crippen LogP contribution in [0.1, 0.15) is 11.1 Å². The summed E-state index contributed by atoms with van der Waals surface area (Å²) in [5.74, 6) is 0.741. The molecule has 1 unspecified atom stereocenters. The second kappa shape index (κ2) is 5.42. The van der Waals surface area contributed by atoms with Gasteiger partial charge < -0.3 is 10.1 Å². The molecule has 1 atom stereocenters. The van der Waals surface area contributed by atoms with Gasteiger partial charge in [-0.3, -0.25) is 4.79 Å². The first-order valence-electron chi connectivity index (χ1n) is 7.14. The Hall–Kier alpha value is -2.40. The molecule has 0 fully saturated rings. The van der Waals surface area contributed by atoms with Crippen LogP contribution in [0.15, 0.2) is 48.0 Å². The maximum Gasteiger partial charge on any atom is 0.261 e. The SMILES string of the molecule is O=C(NCc1cccc2ncsc12)C1Cc2ccccc2O1. The highest BCUT2D eigenvalue weighted by atomic mass is 32.1. The quantitative estimate of drug-likeness (QED) is 0.809. The van der Waals surface area contributed by atoms with Crippen molar-refractivity contribution in [2.45, 2.75) is 19.1 Å². The minimum atomic E-state index is -0.432. The van der Waals surface area contributed by atoms with E-state index in [0.717, 1.165) is 27.1 Å². The number of carbonyl (C=O) groups is 1. The number of carbonyl (C=O) groups excluding carboxylic acids is 1. The summed E-state index contributed by atoms with van der Waals surface area (Å²) in [7, 11) is 0. The molecule has 3 aromatic rings. The van der Waals surface area contributed by atoms with Gasteiger partial charge in [-0.15, -0.1) is 11.3 Å². The summed E-state index contributed by atoms with van der Waals surface area (Å²) < 4.78 is 6.83. The van der Waals surface area contributed by atoms with Crippen molar-refractivity contribution in [1.29, 1.82) is 0 Å². The van der Waals surface area contributed by atoms with Gasteiger partial charge in [0.05, 0.1) is 15.7 Å². The van der Waals surface area contributed by atoms with E-state index in [1.165, 1.54) is 0 Å². The summed E-state index contributed by atoms with van der Waals surface area (Å²) in [6.45, 7) is 0.495. The second-order valence-electron chi connectivity index (χ2n) is 5.25. The van der Waals surface area contributed by atoms with Crippen molar-refractivity contribution in [2.24, 2.45) is 0 Å². The zero-order chi connectivity index (χ0) is 14.9. The topological polar surface area (TPSA) is 51.2 Å². The average Bonchev–Trinajstić information content (AvgIpc) is 3.18. The van der Waals surface area contributed by atoms with Gasteiger partial charge in [-0.25, -0.2) is 4.98 Å². The lowest BCUT2D eigenvalue weighted by Gasteiger charge is -2.11. The van der Waals surface area contributed by atoms with Gasteiger partial charge >= 0.3 is 0 Å². The van der Waals surface area contributed by atoms with Crippen molar-refractivity contribution in [2.75, 3.05) is 0 Å². The van der Waals surface area contributed by atoms with E-state index in [9.17, 15) is 4.79 Å². The first-order valence-corrected chi connectivity index (χ1v) is 8.02. The average molecular weight is 310 g/mol. The smallest absolute Gasteiger partial charge is 0.261 e. The Morgan fingerprint density at radius 1 is 1.27 bits per heavy atom. The van der Waals surface area contributed by atoms with E-state index in [0.29, 0.717) is 13.0 Å². The number of thiazole rings is 1. The number of benzene rings is 2. The maximum atomic E-state index is 12.3. The van der Waals surface area contributed by atoms with E-state index in [2.05, 4.69) is 10.3 Å². The molecule has 1 aliphatic heterocycles. The van der Waals surface area contributed by atoms with Crippen LogP contribution in [0.5, 0.6) is 5.75 Å². The van der Waals surface area contributed by atoms with E-state index >= 15 is 0 Å². The van der Waals surface area contributed by atoms with Gasteiger partial charge in [-0.1, -0.05) is 30.3 Å². The molecule has 1 N–H and O–H groups in total. The lowest BCUT2D eigenvalue weighted by Crippen LogP contribution is -2.37. The van der Waals surface area contributed by atoms with Crippen LogP contribution in [0.2, 0.25) is 0 Å². The molecule has 1 aromatic heterocycles. The lowest BCUT2D eigenvalue weighted by molar-refractivity contribution is -0.127. The number of fused-ring (bicyclic) bond motifs is 2. The highest BCUT2D eigenvalue weighted by Gasteiger charge is 2.28. The van der Waals surface area contributed by atoms with E-state index < -0.39 is 6.10 Å². The molecule has 0 aliphatic carbocycles. The number of hydrogen-bond donors (Lipinski definition) is 1. The van der Waals surface area contributed by atoms with Crippen molar-refractivity contribution in [3.05, 3.63) is 59.1 Å². The summed E-state index contributed by atoms with van der Waals surface area (Å²) in [4.78, 5) is 16.6. The van der Waals surface area contributed by atoms with Gasteiger partial charge in [0.2, 0.25) is 0 Å². The first kappa shape index (κ1) is 13.3. The van der Waals surface area contributed by atoms with Gasteiger partial charge in [-0.05, 0) is 23.3 Å². The molecule has 5 heteroatoms. The molecule has 2 heterocycles. The number of amides is 1. The Morgan fingerprint density at radius 2 is 2.18 bits per heavy atom. The minimum Gasteiger partial charge on any atom is -0.480 e. The fraction of sp³-hybridized carbons (Fsp3) is 0.176. The van der Waals surface area contributed by atoms with Gasteiger partial charge in [0.25, 0.3) is 5.91 Å². The summed E-state index contributed by atoms with van der Waals surface area (Å²) in [6.07, 6.45) is 0.199. The van der Waals surface area contributed by atoms with Gasteiger partial charge in [0, 0.05) is 13.0 Å². The predicted molar refractivity (Wildman–Crippen MR) is 86.0 cm³/mol. The Morgan fingerprint density at radius 3 is 3.09 bits per heavy atom. The zero-order valence-corrected chi connectivity index (χ0v) is 12.6. The third-order valence-corrected chi connectivity index (χ3v) is 4.75. The maximum absolute atomic E-state index is 12.3. The van der Waals surface area contributed by atoms with E-state index in [4.69, 9.17) is 4.74 Å². The van der Waals surface area contributed by atoms with Crippen molar-refractivity contribution in [3.8, 4) is 5.75 Å². The number of hydrogen-bond acceptors (Lipinski definition) is 4. The van der Waals surface area contributed by atoms with Crippen LogP contribution >= 0.6 is 11.3 Å². The van der Waals surface area contributed by atoms with Crippen LogP contribution < -0.4 is 10.1 Å². The monoisotopic (exact) mass is 310 g/mol. The fourth-order valence-electron chi connectivity index (χ4n) is 2.71. The molecule has 0 saturated carbocycles. The molecule has 1 aliphatic rings. The number of para-hydroxylation sites is 1. The molecule has 22 heavy (non-hydrogen) atoms. The summed E-state index contributed by atoms with van der Waals surface area (Å²) in [5.41, 5.74) is 4.98. The fourth-order valence-corrected chi connectivity index (χ4v) is 3.51. The minimum absolute atomic E-state index is 0.0716. The Labute approximate surface area is 131 Å². The molecule has 1 amide bonds. The zero-order valence-electron chi connectivity index (χ0n) is 11.8. The molecule has 0 radical (unpaired) electrons. The van der Waals surface area contributed by atoms with Crippen LogP contribution in [0.3, 0.4) is 0 Å². The van der Waals surface area contributed by atoms with Crippen LogP contribution in [0, 0.1) is 0 Å². The highest BCUT2D eigenvalue weighted by molar-refractivity contribution is 7.16. The third kappa shape index (κ3) is 2.33. The van der Waals surface area contributed by atoms with E-state index in [-0.39, 0.29) is 5.91 Å². The van der Waals surface area contributed by atoms with Crippen LogP contribution in [-0.4, -0.2) is 17.0 Å². The lowest BCUT2D eigenvalue weighted by atomic mass is 10.1. The summed E-state index contributed by atoms with van der Waals surface area (Å²) in [6, 6.07) is 13.8. The van der Waals surface area contributed by atoms with Crippen LogP contribution in [0.4, 0.5) is 0 Å². The molecular weight excluding hydrogens is 296 g/mol. The largest absolute Gasteiger partial charge is 0.480 e. The van der Waals surface area contributed by atoms with Crippen molar-refractivity contribution in [1.82, 2.24) is 10.3 Å². The van der Waals surface area contributed by atoms with Crippen molar-refractivity contribution >= 4 is 27.5 Å². The Balaban J connectivity index is 1.44. The van der Waals surface area contributed by atoms with Gasteiger partial charge in [0.15, 0.2) is 6.10 Å². The number of aromatic nitrogens is 1. The molecule has 2 aromatic carbocycles. The Kier molecular flexibility index (Phi) is 3.27. The van der Waals surface area contributed by atoms with Gasteiger partial charge in [-0.2, -0.15) is 0 Å². The van der Waals surface area contributed by atoms with Crippen LogP contribution in [-0.2, 0) is 17.8 Å². The third-order valence-electron chi connectivity index (χ3n) is 3.83. The molecule has 0 saturated heterocycles. The van der Waals surface area contributed by atoms with Crippen LogP contribution in [0.25, 0.3) is 10.2 Å². The standard InChI is InChI=1S/C17H14N2O2S/c20-17(15-8-11-4-1-2-7-14(11)21-15)18-9-12-5-3-6-13-16(12)22-10-19-13/h1-7,10,15H,8-9H2,(H,18,20). The number of nitrogens with one attached hydrogen (secondary N) is 1. The number of nitrogens with zero attached hydrogens (tertiary/aromatic N) is 1. The molecule has 4 nitrogen and oxygen atoms in total. The molecule has 0 spiro atoms. The summed E-state index contributed by atoms with van der Waals surface area (Å²) in [5, 5.41) is 2.97. The van der Waals surface area contributed by atoms with E-state index in [1.807, 2.05) is 48.0 Å². The van der Waals surface area contributed by atoms with E-state index in [1.54, 1.807) is 11.3 Å². The number of rotatable bonds is 3. The highest BCUT2D eigenvalue weighted by Crippen LogP contribution is 2.28. The predicted octanol–water partition coefficient (Wildman–Crippen LogP) is 2.92. The molecular formula is C17H14N2O2S. The second-order valence-corrected chi connectivity index (χ2v) is 6.11. The molecule has 110 valence electrons. The normalized spacial score (nSPS) is 16.3. The molecule has 4 rings (SSSR count). The molecule has 0 bridgehead atoms. The first-order chi connectivity index (χ1) is 10.8. The Bertz CT molecular complexity index is 818. The number of ether oxygens (including phenoxy) is 1. The summed E-state index contributed by atoms with van der Waals surface area (Å²) >= 11 is 1.59. The van der Waals surface area contributed by atoms with Crippen molar-refractivity contribution in [3.63, 3.8) is 0 Å². The van der Waals surface area contributed by atoms with Crippen molar-refractivity contribution < 1.29 is 9.53 Å². The van der Waals surface area contributed by atoms with Gasteiger partial charge in [0.1, 0.15) is 5.75 Å².